The van der Waals surface area contributed by atoms with E-state index >= 15 is 0 Å². The number of sulfonamides is 1. The molecule has 1 N–H and O–H groups in total. The summed E-state index contributed by atoms with van der Waals surface area (Å²) in [5.74, 6) is 0.903. The van der Waals surface area contributed by atoms with Gasteiger partial charge in [-0.2, -0.15) is 0 Å². The number of fused-ring (bicyclic) bond motifs is 1. The molecule has 0 atom stereocenters. The van der Waals surface area contributed by atoms with Gasteiger partial charge in [0.25, 0.3) is 10.0 Å². The van der Waals surface area contributed by atoms with E-state index in [1.54, 1.807) is 12.1 Å². The summed E-state index contributed by atoms with van der Waals surface area (Å²) in [5.41, 5.74) is 0.602. The SMILES string of the molecule is CNS(=O)(=O)c1nc(C(C)C)n2ccccc12. The van der Waals surface area contributed by atoms with Crippen molar-refractivity contribution in [1.29, 1.82) is 0 Å². The van der Waals surface area contributed by atoms with E-state index in [1.165, 1.54) is 7.05 Å². The van der Waals surface area contributed by atoms with Crippen LogP contribution in [0.2, 0.25) is 0 Å². The zero-order valence-corrected chi connectivity index (χ0v) is 10.8. The molecular formula is C11H15N3O2S. The second-order valence-corrected chi connectivity index (χ2v) is 5.90. The zero-order chi connectivity index (χ0) is 12.6. The molecule has 0 aliphatic carbocycles. The molecule has 0 unspecified atom stereocenters. The van der Waals surface area contributed by atoms with Gasteiger partial charge in [0.15, 0.2) is 5.03 Å². The van der Waals surface area contributed by atoms with E-state index in [2.05, 4.69) is 9.71 Å². The van der Waals surface area contributed by atoms with Crippen molar-refractivity contribution in [3.05, 3.63) is 30.2 Å². The molecule has 2 aromatic heterocycles. The lowest BCUT2D eigenvalue weighted by Crippen LogP contribution is -2.19. The summed E-state index contributed by atoms with van der Waals surface area (Å²) in [6, 6.07) is 5.41. The molecule has 2 rings (SSSR count). The van der Waals surface area contributed by atoms with Gasteiger partial charge in [0.2, 0.25) is 0 Å². The van der Waals surface area contributed by atoms with Crippen LogP contribution in [0.4, 0.5) is 0 Å². The molecule has 0 fully saturated rings. The summed E-state index contributed by atoms with van der Waals surface area (Å²) in [7, 11) is -2.13. The minimum atomic E-state index is -3.52. The van der Waals surface area contributed by atoms with Gasteiger partial charge in [-0.1, -0.05) is 19.9 Å². The third kappa shape index (κ3) is 1.94. The van der Waals surface area contributed by atoms with E-state index in [0.717, 1.165) is 5.82 Å². The molecule has 0 amide bonds. The molecule has 17 heavy (non-hydrogen) atoms. The molecule has 0 spiro atoms. The van der Waals surface area contributed by atoms with Gasteiger partial charge >= 0.3 is 0 Å². The van der Waals surface area contributed by atoms with Crippen LogP contribution < -0.4 is 4.72 Å². The zero-order valence-electron chi connectivity index (χ0n) is 10.0. The van der Waals surface area contributed by atoms with Crippen LogP contribution in [0.1, 0.15) is 25.6 Å². The Morgan fingerprint density at radius 3 is 2.65 bits per heavy atom. The van der Waals surface area contributed by atoms with Crippen LogP contribution in [0.25, 0.3) is 5.52 Å². The Morgan fingerprint density at radius 1 is 1.35 bits per heavy atom. The van der Waals surface area contributed by atoms with Gasteiger partial charge in [0, 0.05) is 12.1 Å². The first-order chi connectivity index (χ1) is 7.97. The van der Waals surface area contributed by atoms with Gasteiger partial charge < -0.3 is 4.40 Å². The van der Waals surface area contributed by atoms with E-state index < -0.39 is 10.0 Å². The van der Waals surface area contributed by atoms with E-state index in [1.807, 2.05) is 30.5 Å². The van der Waals surface area contributed by atoms with Crippen molar-refractivity contribution in [1.82, 2.24) is 14.1 Å². The van der Waals surface area contributed by atoms with Crippen molar-refractivity contribution in [3.63, 3.8) is 0 Å². The maximum absolute atomic E-state index is 11.9. The first-order valence-electron chi connectivity index (χ1n) is 5.38. The maximum Gasteiger partial charge on any atom is 0.259 e. The monoisotopic (exact) mass is 253 g/mol. The number of hydrogen-bond donors (Lipinski definition) is 1. The van der Waals surface area contributed by atoms with Crippen LogP contribution in [0, 0.1) is 0 Å². The van der Waals surface area contributed by atoms with Gasteiger partial charge in [-0.3, -0.25) is 0 Å². The summed E-state index contributed by atoms with van der Waals surface area (Å²) in [6.45, 7) is 3.97. The molecule has 0 saturated heterocycles. The van der Waals surface area contributed by atoms with Crippen molar-refractivity contribution in [2.75, 3.05) is 7.05 Å². The minimum absolute atomic E-state index is 0.0873. The number of imidazole rings is 1. The van der Waals surface area contributed by atoms with Gasteiger partial charge in [-0.25, -0.2) is 18.1 Å². The predicted octanol–water partition coefficient (Wildman–Crippen LogP) is 1.37. The Morgan fingerprint density at radius 2 is 2.06 bits per heavy atom. The molecule has 0 aliphatic rings. The molecule has 0 saturated carbocycles. The third-order valence-electron chi connectivity index (χ3n) is 2.58. The number of pyridine rings is 1. The van der Waals surface area contributed by atoms with E-state index in [4.69, 9.17) is 0 Å². The largest absolute Gasteiger partial charge is 0.302 e. The molecule has 2 aromatic rings. The van der Waals surface area contributed by atoms with Crippen molar-refractivity contribution in [2.24, 2.45) is 0 Å². The van der Waals surface area contributed by atoms with Gasteiger partial charge in [-0.05, 0) is 19.2 Å². The lowest BCUT2D eigenvalue weighted by atomic mass is 10.2. The fourth-order valence-corrected chi connectivity index (χ4v) is 2.58. The summed E-state index contributed by atoms with van der Waals surface area (Å²) >= 11 is 0. The van der Waals surface area contributed by atoms with Crippen LogP contribution >= 0.6 is 0 Å². The maximum atomic E-state index is 11.9. The van der Waals surface area contributed by atoms with Crippen LogP contribution in [-0.4, -0.2) is 24.9 Å². The second-order valence-electron chi connectivity index (χ2n) is 4.09. The molecule has 2 heterocycles. The fourth-order valence-electron chi connectivity index (χ4n) is 1.73. The van der Waals surface area contributed by atoms with Crippen molar-refractivity contribution >= 4 is 15.5 Å². The number of aromatic nitrogens is 2. The second kappa shape index (κ2) is 4.12. The van der Waals surface area contributed by atoms with Crippen LogP contribution in [0.3, 0.4) is 0 Å². The molecule has 0 bridgehead atoms. The van der Waals surface area contributed by atoms with Gasteiger partial charge in [0.1, 0.15) is 5.82 Å². The summed E-state index contributed by atoms with van der Waals surface area (Å²) < 4.78 is 27.8. The van der Waals surface area contributed by atoms with Crippen molar-refractivity contribution in [3.8, 4) is 0 Å². The number of nitrogens with zero attached hydrogens (tertiary/aromatic N) is 2. The molecule has 0 aromatic carbocycles. The molecule has 5 nitrogen and oxygen atoms in total. The molecular weight excluding hydrogens is 238 g/mol. The summed E-state index contributed by atoms with van der Waals surface area (Å²) in [4.78, 5) is 4.24. The van der Waals surface area contributed by atoms with Crippen molar-refractivity contribution in [2.45, 2.75) is 24.8 Å². The number of rotatable bonds is 3. The van der Waals surface area contributed by atoms with Gasteiger partial charge in [0.05, 0.1) is 5.52 Å². The number of hydrogen-bond acceptors (Lipinski definition) is 3. The first kappa shape index (κ1) is 12.1. The quantitative estimate of drug-likeness (QED) is 0.898. The third-order valence-corrected chi connectivity index (χ3v) is 3.93. The smallest absolute Gasteiger partial charge is 0.259 e. The van der Waals surface area contributed by atoms with Crippen LogP contribution in [0.15, 0.2) is 29.4 Å². The lowest BCUT2D eigenvalue weighted by Gasteiger charge is -2.02. The standard InChI is InChI=1S/C11H15N3O2S/c1-8(2)10-13-11(17(15,16)12-3)9-6-4-5-7-14(9)10/h4-8,12H,1-3H3. The predicted molar refractivity (Wildman–Crippen MR) is 65.5 cm³/mol. The molecule has 0 aliphatic heterocycles. The van der Waals surface area contributed by atoms with E-state index in [-0.39, 0.29) is 10.9 Å². The highest BCUT2D eigenvalue weighted by Gasteiger charge is 2.22. The fraction of sp³-hybridized carbons (Fsp3) is 0.364. The highest BCUT2D eigenvalue weighted by Crippen LogP contribution is 2.22. The number of nitrogens with one attached hydrogen (secondary N) is 1. The van der Waals surface area contributed by atoms with E-state index in [0.29, 0.717) is 5.52 Å². The highest BCUT2D eigenvalue weighted by molar-refractivity contribution is 7.89. The van der Waals surface area contributed by atoms with E-state index in [9.17, 15) is 8.42 Å². The average molecular weight is 253 g/mol. The van der Waals surface area contributed by atoms with Crippen LogP contribution in [-0.2, 0) is 10.0 Å². The summed E-state index contributed by atoms with van der Waals surface area (Å²) in [5, 5.41) is 0.0873. The minimum Gasteiger partial charge on any atom is -0.302 e. The molecule has 6 heteroatoms. The lowest BCUT2D eigenvalue weighted by molar-refractivity contribution is 0.585. The Labute approximate surface area is 101 Å². The van der Waals surface area contributed by atoms with Gasteiger partial charge in [-0.15, -0.1) is 0 Å². The average Bonchev–Trinajstić information content (AvgIpc) is 2.69. The Bertz CT molecular complexity index is 644. The van der Waals surface area contributed by atoms with Crippen molar-refractivity contribution < 1.29 is 8.42 Å². The Balaban J connectivity index is 2.83. The summed E-state index contributed by atoms with van der Waals surface area (Å²) in [6.07, 6.45) is 1.83. The first-order valence-corrected chi connectivity index (χ1v) is 6.86. The Kier molecular flexibility index (Phi) is 2.92. The normalized spacial score (nSPS) is 12.5. The topological polar surface area (TPSA) is 63.5 Å². The molecule has 92 valence electrons. The Hall–Kier alpha value is -1.40. The van der Waals surface area contributed by atoms with Crippen LogP contribution in [0.5, 0.6) is 0 Å². The highest BCUT2D eigenvalue weighted by atomic mass is 32.2. The molecule has 0 radical (unpaired) electrons.